The largest absolute Gasteiger partial charge is 0.348 e. The molecule has 4 heterocycles. The first kappa shape index (κ1) is 21.6. The van der Waals surface area contributed by atoms with Gasteiger partial charge in [0, 0.05) is 65.6 Å². The third-order valence-electron chi connectivity index (χ3n) is 5.79. The van der Waals surface area contributed by atoms with Gasteiger partial charge in [0.2, 0.25) is 0 Å². The predicted octanol–water partition coefficient (Wildman–Crippen LogP) is 2.90. The number of hydrogen-bond acceptors (Lipinski definition) is 4. The van der Waals surface area contributed by atoms with Gasteiger partial charge in [-0.25, -0.2) is 0 Å². The summed E-state index contributed by atoms with van der Waals surface area (Å²) in [4.78, 5) is 28.2. The monoisotopic (exact) mass is 432 g/mol. The van der Waals surface area contributed by atoms with E-state index in [0.29, 0.717) is 11.1 Å². The zero-order chi connectivity index (χ0) is 23.2. The summed E-state index contributed by atoms with van der Waals surface area (Å²) >= 11 is 0. The molecule has 166 valence electrons. The van der Waals surface area contributed by atoms with Gasteiger partial charge in [0.15, 0.2) is 0 Å². The van der Waals surface area contributed by atoms with Crippen molar-refractivity contribution in [1.82, 2.24) is 24.5 Å². The lowest BCUT2D eigenvalue weighted by molar-refractivity contribution is 0.0950. The summed E-state index contributed by atoms with van der Waals surface area (Å²) in [5, 5.41) is 7.38. The Morgan fingerprint density at radius 1 is 1.25 bits per heavy atom. The molecule has 0 radical (unpaired) electrons. The van der Waals surface area contributed by atoms with Crippen LogP contribution in [0.5, 0.6) is 0 Å². The molecule has 1 unspecified atom stereocenters. The molecule has 0 aromatic carbocycles. The molecule has 0 bridgehead atoms. The fourth-order valence-electron chi connectivity index (χ4n) is 4.25. The number of hydrogen-bond donors (Lipinski definition) is 3. The molecule has 4 aromatic heterocycles. The maximum atomic E-state index is 13.1. The molecule has 8 heteroatoms. The van der Waals surface area contributed by atoms with E-state index in [2.05, 4.69) is 15.4 Å². The lowest BCUT2D eigenvalue weighted by Crippen LogP contribution is -2.29. The zero-order valence-electron chi connectivity index (χ0n) is 19.0. The van der Waals surface area contributed by atoms with Gasteiger partial charge in [-0.05, 0) is 63.1 Å². The van der Waals surface area contributed by atoms with Gasteiger partial charge in [0.05, 0.1) is 5.69 Å². The lowest BCUT2D eigenvalue weighted by atomic mass is 10.0. The van der Waals surface area contributed by atoms with Crippen molar-refractivity contribution in [2.24, 2.45) is 12.8 Å². The summed E-state index contributed by atoms with van der Waals surface area (Å²) in [5.74, 6) is -0.244. The summed E-state index contributed by atoms with van der Waals surface area (Å²) in [7, 11) is 1.88. The molecule has 1 amide bonds. The predicted molar refractivity (Wildman–Crippen MR) is 125 cm³/mol. The smallest absolute Gasteiger partial charge is 0.253 e. The fraction of sp³-hybridized carbons (Fsp3) is 0.292. The highest BCUT2D eigenvalue weighted by molar-refractivity contribution is 5.97. The molecule has 0 aliphatic rings. The number of carbonyl (C=O) groups is 1. The molecule has 0 saturated heterocycles. The summed E-state index contributed by atoms with van der Waals surface area (Å²) in [5.41, 5.74) is 13.2. The number of amides is 1. The average molecular weight is 433 g/mol. The van der Waals surface area contributed by atoms with Crippen molar-refractivity contribution in [1.29, 1.82) is 0 Å². The van der Waals surface area contributed by atoms with Crippen LogP contribution in [-0.2, 0) is 13.6 Å². The Bertz CT molecular complexity index is 1390. The number of pyridine rings is 2. The van der Waals surface area contributed by atoms with Crippen molar-refractivity contribution >= 4 is 11.4 Å². The topological polar surface area (TPSA) is 110 Å². The van der Waals surface area contributed by atoms with E-state index in [1.807, 2.05) is 75.8 Å². The standard InChI is InChI=1S/C24H28N6O2/c1-13-8-14(2)27-24(32)20(13)11-26-23(31)19-10-18-9-17(21-6-7-29(5)28-21)12-30(18)22(15(19)3)16(4)25/h6-10,12,16H,11,25H2,1-5H3,(H,26,31)(H,27,32). The van der Waals surface area contributed by atoms with E-state index in [1.54, 1.807) is 4.68 Å². The van der Waals surface area contributed by atoms with Crippen molar-refractivity contribution < 1.29 is 4.79 Å². The number of fused-ring (bicyclic) bond motifs is 1. The zero-order valence-corrected chi connectivity index (χ0v) is 19.0. The Kier molecular flexibility index (Phi) is 5.48. The van der Waals surface area contributed by atoms with Crippen LogP contribution in [-0.4, -0.2) is 25.1 Å². The van der Waals surface area contributed by atoms with Crippen LogP contribution in [0.2, 0.25) is 0 Å². The second kappa shape index (κ2) is 8.12. The van der Waals surface area contributed by atoms with E-state index in [9.17, 15) is 9.59 Å². The molecule has 0 fully saturated rings. The molecule has 0 aliphatic carbocycles. The summed E-state index contributed by atoms with van der Waals surface area (Å²) in [6.45, 7) is 7.66. The van der Waals surface area contributed by atoms with E-state index in [-0.39, 0.29) is 24.1 Å². The Morgan fingerprint density at radius 2 is 2.00 bits per heavy atom. The third kappa shape index (κ3) is 3.85. The number of nitrogens with two attached hydrogens (primary N) is 1. The third-order valence-corrected chi connectivity index (χ3v) is 5.79. The number of aromatic nitrogens is 4. The molecule has 4 aromatic rings. The number of nitrogens with zero attached hydrogens (tertiary/aromatic N) is 3. The first-order valence-electron chi connectivity index (χ1n) is 10.5. The van der Waals surface area contributed by atoms with Crippen LogP contribution in [0.1, 0.15) is 51.4 Å². The van der Waals surface area contributed by atoms with Crippen molar-refractivity contribution in [3.8, 4) is 11.3 Å². The quantitative estimate of drug-likeness (QED) is 0.450. The van der Waals surface area contributed by atoms with Crippen LogP contribution >= 0.6 is 0 Å². The highest BCUT2D eigenvalue weighted by Gasteiger charge is 2.20. The lowest BCUT2D eigenvalue weighted by Gasteiger charge is -2.17. The van der Waals surface area contributed by atoms with Crippen LogP contribution in [0.15, 0.2) is 41.5 Å². The van der Waals surface area contributed by atoms with Crippen molar-refractivity contribution in [3.05, 3.63) is 80.7 Å². The SMILES string of the molecule is Cc1cc(C)c(CNC(=O)c2cc3cc(-c4ccn(C)n4)cn3c(C(C)N)c2C)c(=O)[nH]1. The van der Waals surface area contributed by atoms with Gasteiger partial charge in [-0.15, -0.1) is 0 Å². The van der Waals surface area contributed by atoms with Gasteiger partial charge in [0.1, 0.15) is 0 Å². The molecule has 0 aliphatic heterocycles. The fourth-order valence-corrected chi connectivity index (χ4v) is 4.25. The summed E-state index contributed by atoms with van der Waals surface area (Å²) in [6.07, 6.45) is 3.89. The maximum absolute atomic E-state index is 13.1. The molecule has 4 rings (SSSR count). The number of aromatic amines is 1. The second-order valence-corrected chi connectivity index (χ2v) is 8.38. The molecule has 4 N–H and O–H groups in total. The van der Waals surface area contributed by atoms with Crippen molar-refractivity contribution in [2.45, 2.75) is 40.3 Å². The van der Waals surface area contributed by atoms with Crippen LogP contribution in [0.4, 0.5) is 0 Å². The molecule has 1 atom stereocenters. The maximum Gasteiger partial charge on any atom is 0.253 e. The van der Waals surface area contributed by atoms with Crippen molar-refractivity contribution in [3.63, 3.8) is 0 Å². The Morgan fingerprint density at radius 3 is 2.62 bits per heavy atom. The van der Waals surface area contributed by atoms with Crippen LogP contribution in [0.25, 0.3) is 16.8 Å². The van der Waals surface area contributed by atoms with E-state index in [4.69, 9.17) is 5.73 Å². The van der Waals surface area contributed by atoms with E-state index in [0.717, 1.165) is 39.3 Å². The highest BCUT2D eigenvalue weighted by Crippen LogP contribution is 2.28. The number of nitrogens with one attached hydrogen (secondary N) is 2. The molecule has 32 heavy (non-hydrogen) atoms. The molecular formula is C24H28N6O2. The van der Waals surface area contributed by atoms with Gasteiger partial charge in [0.25, 0.3) is 11.5 Å². The molecule has 0 saturated carbocycles. The van der Waals surface area contributed by atoms with Crippen LogP contribution < -0.4 is 16.6 Å². The van der Waals surface area contributed by atoms with E-state index in [1.165, 1.54) is 0 Å². The van der Waals surface area contributed by atoms with Gasteiger partial charge < -0.3 is 20.4 Å². The molecule has 8 nitrogen and oxygen atoms in total. The highest BCUT2D eigenvalue weighted by atomic mass is 16.1. The van der Waals surface area contributed by atoms with Gasteiger partial charge in [-0.3, -0.25) is 14.3 Å². The first-order valence-corrected chi connectivity index (χ1v) is 10.5. The van der Waals surface area contributed by atoms with Crippen molar-refractivity contribution in [2.75, 3.05) is 0 Å². The summed E-state index contributed by atoms with van der Waals surface area (Å²) in [6, 6.07) is 7.42. The number of H-pyrrole nitrogens is 1. The average Bonchev–Trinajstić information content (AvgIpc) is 3.31. The van der Waals surface area contributed by atoms with Crippen LogP contribution in [0.3, 0.4) is 0 Å². The first-order chi connectivity index (χ1) is 15.2. The minimum Gasteiger partial charge on any atom is -0.348 e. The minimum absolute atomic E-state index is 0.151. The van der Waals surface area contributed by atoms with Gasteiger partial charge >= 0.3 is 0 Å². The van der Waals surface area contributed by atoms with Gasteiger partial charge in [-0.2, -0.15) is 5.10 Å². The summed E-state index contributed by atoms with van der Waals surface area (Å²) < 4.78 is 3.78. The second-order valence-electron chi connectivity index (χ2n) is 8.38. The number of rotatable bonds is 5. The van der Waals surface area contributed by atoms with Gasteiger partial charge in [-0.1, -0.05) is 0 Å². The Balaban J connectivity index is 1.73. The van der Waals surface area contributed by atoms with Crippen LogP contribution in [0, 0.1) is 20.8 Å². The molecule has 0 spiro atoms. The Labute approximate surface area is 186 Å². The normalized spacial score (nSPS) is 12.3. The molecular weight excluding hydrogens is 404 g/mol. The van der Waals surface area contributed by atoms with E-state index >= 15 is 0 Å². The number of aryl methyl sites for hydroxylation is 3. The van der Waals surface area contributed by atoms with E-state index < -0.39 is 0 Å². The Hall–Kier alpha value is -3.65. The minimum atomic E-state index is -0.281. The number of carbonyl (C=O) groups excluding carboxylic acids is 1.